The average Bonchev–Trinajstić information content (AvgIpc) is 2.98. The van der Waals surface area contributed by atoms with E-state index in [-0.39, 0.29) is 18.7 Å². The third kappa shape index (κ3) is 3.37. The Morgan fingerprint density at radius 2 is 1.78 bits per heavy atom. The molecule has 0 spiro atoms. The third-order valence-electron chi connectivity index (χ3n) is 3.47. The van der Waals surface area contributed by atoms with Gasteiger partial charge in [-0.3, -0.25) is 9.59 Å². The molecule has 0 saturated carbocycles. The molecule has 2 amide bonds. The van der Waals surface area contributed by atoms with Gasteiger partial charge in [0.15, 0.2) is 0 Å². The Labute approximate surface area is 132 Å². The second kappa shape index (κ2) is 6.31. The summed E-state index contributed by atoms with van der Waals surface area (Å²) in [4.78, 5) is 22.3. The Bertz CT molecular complexity index is 852. The van der Waals surface area contributed by atoms with E-state index in [1.165, 1.54) is 0 Å². The number of anilines is 1. The van der Waals surface area contributed by atoms with Crippen molar-refractivity contribution in [3.8, 4) is 5.69 Å². The van der Waals surface area contributed by atoms with Gasteiger partial charge in [-0.1, -0.05) is 18.2 Å². The lowest BCUT2D eigenvalue weighted by atomic mass is 10.2. The molecule has 3 rings (SSSR count). The molecule has 0 radical (unpaired) electrons. The van der Waals surface area contributed by atoms with E-state index in [4.69, 9.17) is 5.73 Å². The minimum absolute atomic E-state index is 0.0448. The van der Waals surface area contributed by atoms with Crippen molar-refractivity contribution < 1.29 is 9.59 Å². The van der Waals surface area contributed by atoms with Crippen LogP contribution in [0.15, 0.2) is 54.7 Å². The highest BCUT2D eigenvalue weighted by Gasteiger charge is 2.06. The van der Waals surface area contributed by atoms with Gasteiger partial charge in [-0.25, -0.2) is 4.68 Å². The monoisotopic (exact) mass is 308 g/mol. The van der Waals surface area contributed by atoms with Gasteiger partial charge < -0.3 is 11.1 Å². The van der Waals surface area contributed by atoms with Gasteiger partial charge in [-0.05, 0) is 30.3 Å². The molecule has 0 unspecified atom stereocenters. The van der Waals surface area contributed by atoms with E-state index in [1.807, 2.05) is 47.3 Å². The van der Waals surface area contributed by atoms with Crippen molar-refractivity contribution in [2.75, 3.05) is 5.32 Å². The summed E-state index contributed by atoms with van der Waals surface area (Å²) >= 11 is 0. The number of carbonyl (C=O) groups excluding carboxylic acids is 2. The van der Waals surface area contributed by atoms with Gasteiger partial charge in [0.05, 0.1) is 17.4 Å². The van der Waals surface area contributed by atoms with Gasteiger partial charge in [0.25, 0.3) is 0 Å². The number of nitrogens with zero attached hydrogens (tertiary/aromatic N) is 2. The smallest absolute Gasteiger partial charge is 0.224 e. The predicted octanol–water partition coefficient (Wildman–Crippen LogP) is 2.23. The molecule has 1 heterocycles. The van der Waals surface area contributed by atoms with E-state index in [0.717, 1.165) is 16.6 Å². The zero-order valence-corrected chi connectivity index (χ0v) is 12.4. The molecule has 0 bridgehead atoms. The van der Waals surface area contributed by atoms with Crippen LogP contribution in [0.25, 0.3) is 16.6 Å². The van der Waals surface area contributed by atoms with Crippen molar-refractivity contribution in [3.05, 3.63) is 54.7 Å². The average molecular weight is 308 g/mol. The number of fused-ring (bicyclic) bond motifs is 1. The Hall–Kier alpha value is -3.15. The van der Waals surface area contributed by atoms with Crippen LogP contribution < -0.4 is 11.1 Å². The lowest BCUT2D eigenvalue weighted by Gasteiger charge is -2.07. The number of nitrogens with one attached hydrogen (secondary N) is 1. The second-order valence-corrected chi connectivity index (χ2v) is 5.18. The van der Waals surface area contributed by atoms with Crippen LogP contribution in [0.1, 0.15) is 12.8 Å². The van der Waals surface area contributed by atoms with Crippen LogP contribution in [-0.2, 0) is 9.59 Å². The molecule has 1 aromatic heterocycles. The fraction of sp³-hybridized carbons (Fsp3) is 0.118. The number of hydrogen-bond acceptors (Lipinski definition) is 3. The molecule has 3 N–H and O–H groups in total. The minimum Gasteiger partial charge on any atom is -0.370 e. The quantitative estimate of drug-likeness (QED) is 0.757. The molecular formula is C17H16N4O2. The predicted molar refractivity (Wildman–Crippen MR) is 88.1 cm³/mol. The molecule has 0 aliphatic rings. The molecule has 0 aliphatic heterocycles. The molecule has 6 heteroatoms. The van der Waals surface area contributed by atoms with E-state index in [9.17, 15) is 9.59 Å². The van der Waals surface area contributed by atoms with Crippen molar-refractivity contribution in [2.24, 2.45) is 5.73 Å². The molecule has 116 valence electrons. The van der Waals surface area contributed by atoms with Crippen LogP contribution in [0.4, 0.5) is 5.69 Å². The zero-order chi connectivity index (χ0) is 16.2. The van der Waals surface area contributed by atoms with Gasteiger partial charge in [0, 0.05) is 23.9 Å². The minimum atomic E-state index is -0.485. The summed E-state index contributed by atoms with van der Waals surface area (Å²) in [5, 5.41) is 8.18. The van der Waals surface area contributed by atoms with Crippen LogP contribution in [0.5, 0.6) is 0 Å². The first-order chi connectivity index (χ1) is 11.1. The van der Waals surface area contributed by atoms with Gasteiger partial charge in [0.2, 0.25) is 11.8 Å². The van der Waals surface area contributed by atoms with E-state index < -0.39 is 5.91 Å². The van der Waals surface area contributed by atoms with Gasteiger partial charge in [-0.15, -0.1) is 0 Å². The number of amides is 2. The maximum Gasteiger partial charge on any atom is 0.224 e. The first-order valence-corrected chi connectivity index (χ1v) is 7.25. The maximum absolute atomic E-state index is 11.7. The van der Waals surface area contributed by atoms with E-state index in [0.29, 0.717) is 5.69 Å². The maximum atomic E-state index is 11.7. The number of carbonyl (C=O) groups is 2. The summed E-state index contributed by atoms with van der Waals surface area (Å²) < 4.78 is 1.84. The van der Waals surface area contributed by atoms with Gasteiger partial charge >= 0.3 is 0 Å². The normalized spacial score (nSPS) is 10.6. The van der Waals surface area contributed by atoms with Crippen LogP contribution in [0.3, 0.4) is 0 Å². The SMILES string of the molecule is NC(=O)CCC(=O)Nc1ccc(-n2ncc3ccccc32)cc1. The van der Waals surface area contributed by atoms with Crippen molar-refractivity contribution in [1.82, 2.24) is 9.78 Å². The zero-order valence-electron chi connectivity index (χ0n) is 12.4. The highest BCUT2D eigenvalue weighted by Crippen LogP contribution is 2.19. The van der Waals surface area contributed by atoms with Crippen LogP contribution >= 0.6 is 0 Å². The lowest BCUT2D eigenvalue weighted by Crippen LogP contribution is -2.17. The third-order valence-corrected chi connectivity index (χ3v) is 3.47. The standard InChI is InChI=1S/C17H16N4O2/c18-16(22)9-10-17(23)20-13-5-7-14(8-6-13)21-15-4-2-1-3-12(15)11-19-21/h1-8,11H,9-10H2,(H2,18,22)(H,20,23). The van der Waals surface area contributed by atoms with Crippen LogP contribution in [-0.4, -0.2) is 21.6 Å². The van der Waals surface area contributed by atoms with Crippen molar-refractivity contribution in [1.29, 1.82) is 0 Å². The van der Waals surface area contributed by atoms with E-state index in [2.05, 4.69) is 10.4 Å². The van der Waals surface area contributed by atoms with Gasteiger partial charge in [0.1, 0.15) is 0 Å². The number of primary amides is 1. The Morgan fingerprint density at radius 1 is 1.04 bits per heavy atom. The lowest BCUT2D eigenvalue weighted by molar-refractivity contribution is -0.122. The molecule has 23 heavy (non-hydrogen) atoms. The number of aromatic nitrogens is 2. The molecule has 3 aromatic rings. The Kier molecular flexibility index (Phi) is 4.05. The Morgan fingerprint density at radius 3 is 2.52 bits per heavy atom. The fourth-order valence-electron chi connectivity index (χ4n) is 2.32. The summed E-state index contributed by atoms with van der Waals surface area (Å²) in [7, 11) is 0. The highest BCUT2D eigenvalue weighted by molar-refractivity contribution is 5.93. The van der Waals surface area contributed by atoms with Crippen molar-refractivity contribution >= 4 is 28.4 Å². The van der Waals surface area contributed by atoms with E-state index >= 15 is 0 Å². The molecule has 0 fully saturated rings. The molecule has 0 aliphatic carbocycles. The fourth-order valence-corrected chi connectivity index (χ4v) is 2.32. The molecule has 2 aromatic carbocycles. The number of hydrogen-bond donors (Lipinski definition) is 2. The van der Waals surface area contributed by atoms with E-state index in [1.54, 1.807) is 12.1 Å². The Balaban J connectivity index is 1.74. The highest BCUT2D eigenvalue weighted by atomic mass is 16.2. The number of nitrogens with two attached hydrogens (primary N) is 1. The number of rotatable bonds is 5. The first-order valence-electron chi connectivity index (χ1n) is 7.25. The first kappa shape index (κ1) is 14.8. The van der Waals surface area contributed by atoms with Crippen molar-refractivity contribution in [3.63, 3.8) is 0 Å². The number of benzene rings is 2. The number of para-hydroxylation sites is 1. The topological polar surface area (TPSA) is 90.0 Å². The summed E-state index contributed by atoms with van der Waals surface area (Å²) in [5.41, 5.74) is 7.61. The second-order valence-electron chi connectivity index (χ2n) is 5.18. The van der Waals surface area contributed by atoms with Crippen molar-refractivity contribution in [2.45, 2.75) is 12.8 Å². The summed E-state index contributed by atoms with van der Waals surface area (Å²) in [5.74, 6) is -0.720. The molecule has 0 atom stereocenters. The van der Waals surface area contributed by atoms with Crippen LogP contribution in [0, 0.1) is 0 Å². The largest absolute Gasteiger partial charge is 0.370 e. The van der Waals surface area contributed by atoms with Gasteiger partial charge in [-0.2, -0.15) is 5.10 Å². The molecular weight excluding hydrogens is 292 g/mol. The summed E-state index contributed by atoms with van der Waals surface area (Å²) in [6, 6.07) is 15.3. The molecule has 0 saturated heterocycles. The summed E-state index contributed by atoms with van der Waals surface area (Å²) in [6.07, 6.45) is 1.94. The summed E-state index contributed by atoms with van der Waals surface area (Å²) in [6.45, 7) is 0. The van der Waals surface area contributed by atoms with Crippen LogP contribution in [0.2, 0.25) is 0 Å². The molecule has 6 nitrogen and oxygen atoms in total.